The normalized spacial score (nSPS) is 23.1. The molecule has 1 aliphatic rings. The fourth-order valence-corrected chi connectivity index (χ4v) is 14.3. The van der Waals surface area contributed by atoms with Gasteiger partial charge in [0.15, 0.2) is 0 Å². The Bertz CT molecular complexity index is 350. The number of anilines is 1. The van der Waals surface area contributed by atoms with Crippen molar-refractivity contribution < 1.29 is 0 Å². The summed E-state index contributed by atoms with van der Waals surface area (Å²) in [6, 6.07) is 2.70. The predicted octanol–water partition coefficient (Wildman–Crippen LogP) is 2.49. The second-order valence-electron chi connectivity index (χ2n) is 5.76. The summed E-state index contributed by atoms with van der Waals surface area (Å²) in [6.07, 6.45) is 4.79. The summed E-state index contributed by atoms with van der Waals surface area (Å²) in [5.74, 6) is 0.871. The molecule has 0 bridgehead atoms. The second kappa shape index (κ2) is 3.92. The van der Waals surface area contributed by atoms with Gasteiger partial charge in [0, 0.05) is 0 Å². The third-order valence-electron chi connectivity index (χ3n) is 3.46. The van der Waals surface area contributed by atoms with Crippen molar-refractivity contribution in [3.8, 4) is 0 Å². The van der Waals surface area contributed by atoms with Crippen LogP contribution in [0.5, 0.6) is 0 Å². The van der Waals surface area contributed by atoms with E-state index >= 15 is 0 Å². The van der Waals surface area contributed by atoms with Crippen LogP contribution < -0.4 is 4.23 Å². The van der Waals surface area contributed by atoms with E-state index in [1.54, 1.807) is 12.4 Å². The van der Waals surface area contributed by atoms with Crippen molar-refractivity contribution in [2.45, 2.75) is 44.7 Å². The van der Waals surface area contributed by atoms with Gasteiger partial charge < -0.3 is 4.23 Å². The van der Waals surface area contributed by atoms with Gasteiger partial charge in [0.2, 0.25) is 5.95 Å². The molecule has 1 aliphatic heterocycles. The zero-order chi connectivity index (χ0) is 11.8. The number of rotatable bonds is 1. The lowest BCUT2D eigenvalue weighted by Crippen LogP contribution is -2.65. The Morgan fingerprint density at radius 1 is 1.06 bits per heavy atom. The van der Waals surface area contributed by atoms with Gasteiger partial charge in [-0.2, -0.15) is 5.10 Å². The van der Waals surface area contributed by atoms with Crippen LogP contribution in [0.25, 0.3) is 0 Å². The van der Waals surface area contributed by atoms with E-state index in [9.17, 15) is 0 Å². The highest BCUT2D eigenvalue weighted by molar-refractivity contribution is 7.01. The minimum atomic E-state index is -1.37. The molecule has 1 aromatic heterocycles. The maximum absolute atomic E-state index is 4.42. The van der Waals surface area contributed by atoms with Gasteiger partial charge in [-0.25, -0.2) is 4.98 Å². The zero-order valence-corrected chi connectivity index (χ0v) is 12.6. The number of hydrogen-bond acceptors (Lipinski definition) is 4. The first kappa shape index (κ1) is 11.7. The monoisotopic (exact) mass is 252 g/mol. The Kier molecular flexibility index (Phi) is 2.87. The lowest BCUT2D eigenvalue weighted by atomic mass is 10.6. The fourth-order valence-electron chi connectivity index (χ4n) is 2.88. The van der Waals surface area contributed by atoms with Crippen LogP contribution in [-0.4, -0.2) is 31.7 Å². The van der Waals surface area contributed by atoms with E-state index in [1.807, 2.05) is 0 Å². The second-order valence-corrected chi connectivity index (χ2v) is 15.3. The first-order chi connectivity index (χ1) is 7.43. The van der Waals surface area contributed by atoms with Crippen LogP contribution in [0.4, 0.5) is 5.95 Å². The van der Waals surface area contributed by atoms with Crippen molar-refractivity contribution in [3.05, 3.63) is 12.4 Å². The Labute approximate surface area is 99.3 Å². The average Bonchev–Trinajstić information content (AvgIpc) is 2.16. The van der Waals surface area contributed by atoms with E-state index < -0.39 is 16.5 Å². The molecule has 2 rings (SSSR count). The summed E-state index contributed by atoms with van der Waals surface area (Å²) < 4.78 is 2.59. The molecule has 88 valence electrons. The molecule has 1 aromatic rings. The van der Waals surface area contributed by atoms with E-state index in [0.717, 1.165) is 5.95 Å². The van der Waals surface area contributed by atoms with Gasteiger partial charge >= 0.3 is 0 Å². The van der Waals surface area contributed by atoms with Crippen LogP contribution in [0.3, 0.4) is 0 Å². The summed E-state index contributed by atoms with van der Waals surface area (Å²) in [5, 5.41) is 8.21. The van der Waals surface area contributed by atoms with E-state index in [1.165, 1.54) is 18.5 Å². The van der Waals surface area contributed by atoms with Crippen molar-refractivity contribution in [3.63, 3.8) is 0 Å². The molecule has 0 N–H and O–H groups in total. The molecule has 0 atom stereocenters. The first-order valence-corrected chi connectivity index (χ1v) is 12.2. The molecule has 4 nitrogen and oxygen atoms in total. The van der Waals surface area contributed by atoms with Crippen molar-refractivity contribution in [1.82, 2.24) is 15.2 Å². The molecule has 0 aliphatic carbocycles. The van der Waals surface area contributed by atoms with Gasteiger partial charge in [-0.15, -0.1) is 5.10 Å². The largest absolute Gasteiger partial charge is 0.392 e. The third-order valence-corrected chi connectivity index (χ3v) is 13.1. The highest BCUT2D eigenvalue weighted by Crippen LogP contribution is 2.36. The van der Waals surface area contributed by atoms with Crippen molar-refractivity contribution >= 4 is 22.4 Å². The molecule has 0 unspecified atom stereocenters. The Morgan fingerprint density at radius 2 is 1.69 bits per heavy atom. The predicted molar refractivity (Wildman–Crippen MR) is 71.5 cm³/mol. The highest BCUT2D eigenvalue weighted by atomic mass is 28.4. The Morgan fingerprint density at radius 3 is 2.19 bits per heavy atom. The van der Waals surface area contributed by atoms with Gasteiger partial charge in [0.25, 0.3) is 0 Å². The lowest BCUT2D eigenvalue weighted by molar-refractivity contribution is 0.908. The summed E-state index contributed by atoms with van der Waals surface area (Å²) in [6.45, 7) is 9.71. The van der Waals surface area contributed by atoms with Crippen molar-refractivity contribution in [2.24, 2.45) is 0 Å². The third kappa shape index (κ3) is 2.03. The smallest absolute Gasteiger partial charge is 0.229 e. The maximum Gasteiger partial charge on any atom is 0.229 e. The van der Waals surface area contributed by atoms with Crippen LogP contribution in [0.2, 0.25) is 38.3 Å². The minimum Gasteiger partial charge on any atom is -0.392 e. The quantitative estimate of drug-likeness (QED) is 0.720. The summed E-state index contributed by atoms with van der Waals surface area (Å²) in [5.41, 5.74) is 0. The van der Waals surface area contributed by atoms with Crippen molar-refractivity contribution in [2.75, 3.05) is 4.23 Å². The van der Waals surface area contributed by atoms with Crippen LogP contribution >= 0.6 is 0 Å². The Hall–Kier alpha value is -0.756. The van der Waals surface area contributed by atoms with Crippen LogP contribution in [0.1, 0.15) is 6.42 Å². The first-order valence-electron chi connectivity index (χ1n) is 5.87. The summed E-state index contributed by atoms with van der Waals surface area (Å²) in [7, 11) is -2.73. The van der Waals surface area contributed by atoms with Crippen LogP contribution in [-0.2, 0) is 0 Å². The maximum atomic E-state index is 4.42. The summed E-state index contributed by atoms with van der Waals surface area (Å²) in [4.78, 5) is 4.42. The van der Waals surface area contributed by atoms with E-state index in [0.29, 0.717) is 0 Å². The molecule has 0 radical (unpaired) electrons. The van der Waals surface area contributed by atoms with Crippen molar-refractivity contribution in [1.29, 1.82) is 0 Å². The molecule has 1 fully saturated rings. The SMILES string of the molecule is C[Si]1(C)CCC[Si](C)(C)N1c1nccnn1. The van der Waals surface area contributed by atoms with Gasteiger partial charge in [-0.3, -0.25) is 0 Å². The number of nitrogens with zero attached hydrogens (tertiary/aromatic N) is 4. The minimum absolute atomic E-state index is 0.871. The molecule has 0 spiro atoms. The van der Waals surface area contributed by atoms with E-state index in [-0.39, 0.29) is 0 Å². The van der Waals surface area contributed by atoms with Crippen LogP contribution in [0, 0.1) is 0 Å². The lowest BCUT2D eigenvalue weighted by Gasteiger charge is -2.50. The van der Waals surface area contributed by atoms with E-state index in [2.05, 4.69) is 45.6 Å². The Balaban J connectivity index is 2.41. The molecule has 6 heteroatoms. The van der Waals surface area contributed by atoms with E-state index in [4.69, 9.17) is 0 Å². The molecule has 0 aromatic carbocycles. The molecular formula is C10H20N4Si2. The molecule has 16 heavy (non-hydrogen) atoms. The molecule has 0 saturated carbocycles. The number of aromatic nitrogens is 3. The average molecular weight is 252 g/mol. The van der Waals surface area contributed by atoms with Crippen LogP contribution in [0.15, 0.2) is 12.4 Å². The van der Waals surface area contributed by atoms with Gasteiger partial charge in [0.1, 0.15) is 16.5 Å². The molecule has 2 heterocycles. The highest BCUT2D eigenvalue weighted by Gasteiger charge is 2.45. The van der Waals surface area contributed by atoms with Gasteiger partial charge in [-0.1, -0.05) is 32.6 Å². The number of hydrogen-bond donors (Lipinski definition) is 0. The standard InChI is InChI=1S/C10H20N4Si2/c1-15(2)8-5-9-16(3,4)14(15)10-11-6-7-12-13-10/h6-7H,5,8-9H2,1-4H3. The van der Waals surface area contributed by atoms with Gasteiger partial charge in [0.05, 0.1) is 12.4 Å². The molecule has 1 saturated heterocycles. The summed E-state index contributed by atoms with van der Waals surface area (Å²) >= 11 is 0. The van der Waals surface area contributed by atoms with Gasteiger partial charge in [-0.05, 0) is 12.1 Å². The molecular weight excluding hydrogens is 232 g/mol. The molecule has 0 amide bonds. The topological polar surface area (TPSA) is 41.9 Å². The zero-order valence-electron chi connectivity index (χ0n) is 10.6. The fraction of sp³-hybridized carbons (Fsp3) is 0.700.